The molecule has 1 N–H and O–H groups in total. The molecule has 2 aromatic rings. The van der Waals surface area contributed by atoms with E-state index in [4.69, 9.17) is 0 Å². The summed E-state index contributed by atoms with van der Waals surface area (Å²) in [6.45, 7) is 2.07. The molecule has 22 heavy (non-hydrogen) atoms. The van der Waals surface area contributed by atoms with E-state index in [2.05, 4.69) is 22.0 Å². The number of hydrogen-bond acceptors (Lipinski definition) is 5. The van der Waals surface area contributed by atoms with Gasteiger partial charge in [-0.05, 0) is 29.9 Å². The van der Waals surface area contributed by atoms with E-state index >= 15 is 0 Å². The zero-order valence-electron chi connectivity index (χ0n) is 12.3. The molecule has 0 radical (unpaired) electrons. The summed E-state index contributed by atoms with van der Waals surface area (Å²) in [6.07, 6.45) is 3.09. The van der Waals surface area contributed by atoms with E-state index in [1.165, 1.54) is 7.05 Å². The molecule has 0 spiro atoms. The third-order valence-corrected chi connectivity index (χ3v) is 5.37. The van der Waals surface area contributed by atoms with Gasteiger partial charge in [0.25, 0.3) is 15.9 Å². The normalized spacial score (nSPS) is 16.3. The number of hydrogen-bond donors (Lipinski definition) is 1. The number of carbonyl (C=O) groups is 1. The molecule has 7 nitrogen and oxygen atoms in total. The molecule has 1 heterocycles. The van der Waals surface area contributed by atoms with E-state index in [0.29, 0.717) is 5.56 Å². The van der Waals surface area contributed by atoms with E-state index in [-0.39, 0.29) is 10.4 Å². The number of sulfonamides is 1. The molecule has 0 saturated heterocycles. The first kappa shape index (κ1) is 14.7. The average molecular weight is 320 g/mol. The van der Waals surface area contributed by atoms with Crippen molar-refractivity contribution < 1.29 is 13.2 Å². The lowest BCUT2D eigenvalue weighted by atomic mass is 9.93. The first-order valence-corrected chi connectivity index (χ1v) is 8.33. The van der Waals surface area contributed by atoms with Crippen LogP contribution in [0.15, 0.2) is 35.5 Å². The Morgan fingerprint density at radius 3 is 2.59 bits per heavy atom. The molecule has 1 aromatic heterocycles. The molecule has 0 aliphatic heterocycles. The predicted octanol–water partition coefficient (Wildman–Crippen LogP) is 0.985. The van der Waals surface area contributed by atoms with Gasteiger partial charge in [0.1, 0.15) is 0 Å². The minimum absolute atomic E-state index is 0.0359. The minimum atomic E-state index is -4.00. The van der Waals surface area contributed by atoms with Gasteiger partial charge in [-0.2, -0.15) is 8.42 Å². The van der Waals surface area contributed by atoms with E-state index in [9.17, 15) is 13.2 Å². The van der Waals surface area contributed by atoms with Crippen molar-refractivity contribution in [3.63, 3.8) is 0 Å². The van der Waals surface area contributed by atoms with Crippen LogP contribution in [0.3, 0.4) is 0 Å². The summed E-state index contributed by atoms with van der Waals surface area (Å²) in [4.78, 5) is 12.4. The fourth-order valence-corrected chi connectivity index (χ4v) is 3.45. The second-order valence-electron chi connectivity index (χ2n) is 5.74. The second-order valence-corrected chi connectivity index (χ2v) is 7.37. The fourth-order valence-electron chi connectivity index (χ4n) is 2.42. The lowest BCUT2D eigenvalue weighted by Gasteiger charge is -2.14. The first-order chi connectivity index (χ1) is 10.3. The molecular formula is C14H16N4O3S. The van der Waals surface area contributed by atoms with Crippen LogP contribution in [0.25, 0.3) is 0 Å². The Balaban J connectivity index is 1.92. The maximum atomic E-state index is 12.4. The Morgan fingerprint density at radius 1 is 1.32 bits per heavy atom. The number of nitrogens with zero attached hydrogens (tertiary/aromatic N) is 3. The molecule has 8 heteroatoms. The van der Waals surface area contributed by atoms with Crippen LogP contribution in [-0.2, 0) is 22.5 Å². The van der Waals surface area contributed by atoms with Gasteiger partial charge in [-0.3, -0.25) is 4.79 Å². The maximum Gasteiger partial charge on any atom is 0.283 e. The third kappa shape index (κ3) is 2.50. The summed E-state index contributed by atoms with van der Waals surface area (Å²) in [5.74, 6) is -0.634. The maximum absolute atomic E-state index is 12.4. The van der Waals surface area contributed by atoms with Crippen LogP contribution in [0.5, 0.6) is 0 Å². The molecular weight excluding hydrogens is 304 g/mol. The molecule has 3 rings (SSSR count). The van der Waals surface area contributed by atoms with Crippen LogP contribution >= 0.6 is 0 Å². The van der Waals surface area contributed by atoms with Crippen molar-refractivity contribution in [2.24, 2.45) is 7.05 Å². The predicted molar refractivity (Wildman–Crippen MR) is 78.7 cm³/mol. The highest BCUT2D eigenvalue weighted by molar-refractivity contribution is 7.90. The highest BCUT2D eigenvalue weighted by Crippen LogP contribution is 2.48. The zero-order chi connectivity index (χ0) is 16.0. The number of aryl methyl sites for hydroxylation is 1. The van der Waals surface area contributed by atoms with Gasteiger partial charge < -0.3 is 0 Å². The molecule has 1 saturated carbocycles. The molecule has 116 valence electrons. The van der Waals surface area contributed by atoms with Crippen molar-refractivity contribution in [1.29, 1.82) is 0 Å². The quantitative estimate of drug-likeness (QED) is 0.906. The van der Waals surface area contributed by atoms with Crippen molar-refractivity contribution in [3.8, 4) is 0 Å². The van der Waals surface area contributed by atoms with Crippen molar-refractivity contribution in [1.82, 2.24) is 19.7 Å². The van der Waals surface area contributed by atoms with Crippen LogP contribution in [0, 0.1) is 0 Å². The Hall–Kier alpha value is -2.22. The van der Waals surface area contributed by atoms with Crippen molar-refractivity contribution in [2.75, 3.05) is 0 Å². The van der Waals surface area contributed by atoms with E-state index in [1.54, 1.807) is 12.1 Å². The fraction of sp³-hybridized carbons (Fsp3) is 0.357. The lowest BCUT2D eigenvalue weighted by molar-refractivity contribution is 0.0979. The summed E-state index contributed by atoms with van der Waals surface area (Å²) in [6, 6.07) is 7.10. The standard InChI is InChI=1S/C14H16N4O3S/c1-14(7-8-14)11-6-4-3-5-10(11)13(19)16-22(20,21)12-9-15-17-18(12)2/h3-6,9H,7-8H2,1-2H3,(H,16,19). The van der Waals surface area contributed by atoms with Crippen LogP contribution in [0.4, 0.5) is 0 Å². The molecule has 0 unspecified atom stereocenters. The Bertz CT molecular complexity index is 837. The highest BCUT2D eigenvalue weighted by Gasteiger charge is 2.41. The van der Waals surface area contributed by atoms with E-state index in [1.807, 2.05) is 12.1 Å². The van der Waals surface area contributed by atoms with Crippen LogP contribution < -0.4 is 4.72 Å². The van der Waals surface area contributed by atoms with E-state index in [0.717, 1.165) is 29.3 Å². The van der Waals surface area contributed by atoms with Crippen molar-refractivity contribution >= 4 is 15.9 Å². The zero-order valence-corrected chi connectivity index (χ0v) is 13.1. The topological polar surface area (TPSA) is 93.9 Å². The van der Waals surface area contributed by atoms with Crippen molar-refractivity contribution in [3.05, 3.63) is 41.6 Å². The summed E-state index contributed by atoms with van der Waals surface area (Å²) in [5.41, 5.74) is 1.23. The van der Waals surface area contributed by atoms with Gasteiger partial charge in [-0.1, -0.05) is 30.3 Å². The van der Waals surface area contributed by atoms with Gasteiger partial charge in [0, 0.05) is 12.6 Å². The number of carbonyl (C=O) groups excluding carboxylic acids is 1. The third-order valence-electron chi connectivity index (χ3n) is 4.00. The van der Waals surface area contributed by atoms with Gasteiger partial charge in [-0.15, -0.1) is 5.10 Å². The van der Waals surface area contributed by atoms with Gasteiger partial charge in [0.05, 0.1) is 6.20 Å². The largest absolute Gasteiger partial charge is 0.283 e. The lowest BCUT2D eigenvalue weighted by Crippen LogP contribution is -2.33. The smallest absolute Gasteiger partial charge is 0.268 e. The van der Waals surface area contributed by atoms with E-state index < -0.39 is 15.9 Å². The Morgan fingerprint density at radius 2 is 2.00 bits per heavy atom. The Kier molecular flexibility index (Phi) is 3.28. The van der Waals surface area contributed by atoms with Gasteiger partial charge in [0.2, 0.25) is 0 Å². The molecule has 0 bridgehead atoms. The van der Waals surface area contributed by atoms with Crippen LogP contribution in [-0.4, -0.2) is 29.3 Å². The Labute approximate surface area is 128 Å². The highest BCUT2D eigenvalue weighted by atomic mass is 32.2. The number of rotatable bonds is 4. The SMILES string of the molecule is Cn1nncc1S(=O)(=O)NC(=O)c1ccccc1C1(C)CC1. The minimum Gasteiger partial charge on any atom is -0.268 e. The molecule has 0 atom stereocenters. The summed E-state index contributed by atoms with van der Waals surface area (Å²) < 4.78 is 27.7. The molecule has 1 fully saturated rings. The van der Waals surface area contributed by atoms with Gasteiger partial charge in [-0.25, -0.2) is 9.40 Å². The molecule has 1 aliphatic rings. The molecule has 1 aromatic carbocycles. The second kappa shape index (κ2) is 4.91. The number of aromatic nitrogens is 3. The average Bonchev–Trinajstić information content (AvgIpc) is 3.06. The molecule has 1 amide bonds. The summed E-state index contributed by atoms with van der Waals surface area (Å²) >= 11 is 0. The monoisotopic (exact) mass is 320 g/mol. The first-order valence-electron chi connectivity index (χ1n) is 6.85. The number of benzene rings is 1. The van der Waals surface area contributed by atoms with Gasteiger partial charge in [0.15, 0.2) is 5.03 Å². The number of nitrogens with one attached hydrogen (secondary N) is 1. The van der Waals surface area contributed by atoms with Crippen molar-refractivity contribution in [2.45, 2.75) is 30.2 Å². The van der Waals surface area contributed by atoms with Crippen LogP contribution in [0.2, 0.25) is 0 Å². The number of amides is 1. The summed E-state index contributed by atoms with van der Waals surface area (Å²) in [5, 5.41) is 6.93. The van der Waals surface area contributed by atoms with Gasteiger partial charge >= 0.3 is 0 Å². The summed E-state index contributed by atoms with van der Waals surface area (Å²) in [7, 11) is -2.55. The van der Waals surface area contributed by atoms with Crippen LogP contribution in [0.1, 0.15) is 35.7 Å². The molecule has 1 aliphatic carbocycles.